The monoisotopic (exact) mass is 211 g/mol. The molecule has 0 aliphatic rings. The third kappa shape index (κ3) is 38.0. The zero-order valence-electron chi connectivity index (χ0n) is 5.95. The van der Waals surface area contributed by atoms with Crippen molar-refractivity contribution < 1.29 is 29.8 Å². The summed E-state index contributed by atoms with van der Waals surface area (Å²) in [6, 6.07) is 0. The molecule has 10 heavy (non-hydrogen) atoms. The third-order valence-electron chi connectivity index (χ3n) is 0.715. The Hall–Kier alpha value is 0.644. The Balaban J connectivity index is 0. The first-order valence-electron chi connectivity index (χ1n) is 3.08. The Morgan fingerprint density at radius 2 is 1.80 bits per heavy atom. The van der Waals surface area contributed by atoms with Crippen LogP contribution in [-0.2, 0) is 20.0 Å². The van der Waals surface area contributed by atoms with E-state index in [4.69, 9.17) is 14.4 Å². The second-order valence-corrected chi connectivity index (χ2v) is 2.71. The fourth-order valence-corrected chi connectivity index (χ4v) is 0.576. The first-order valence-corrected chi connectivity index (χ1v) is 5.08. The van der Waals surface area contributed by atoms with E-state index in [0.717, 1.165) is 5.39 Å². The van der Waals surface area contributed by atoms with E-state index >= 15 is 0 Å². The first-order chi connectivity index (χ1) is 4.65. The number of hydrogen-bond acceptors (Lipinski definition) is 1. The third-order valence-corrected chi connectivity index (χ3v) is 1.06. The van der Waals surface area contributed by atoms with Crippen molar-refractivity contribution in [2.45, 2.75) is 31.6 Å². The molecule has 5 heteroatoms. The van der Waals surface area contributed by atoms with Crippen LogP contribution in [0.5, 0.6) is 0 Å². The van der Waals surface area contributed by atoms with Gasteiger partial charge in [-0.05, 0) is 0 Å². The maximum atomic E-state index is 8.74. The Morgan fingerprint density at radius 3 is 1.90 bits per heavy atom. The molecule has 2 N–H and O–H groups in total. The summed E-state index contributed by atoms with van der Waals surface area (Å²) in [4.78, 5) is 14.3. The van der Waals surface area contributed by atoms with Gasteiger partial charge in [0, 0.05) is 0 Å². The smallest absolute Gasteiger partial charge is 0.314 e. The van der Waals surface area contributed by atoms with Gasteiger partial charge >= 0.3 is 55.3 Å². The van der Waals surface area contributed by atoms with E-state index in [1.165, 1.54) is 19.3 Å². The molecule has 0 saturated heterocycles. The van der Waals surface area contributed by atoms with Crippen LogP contribution in [0.3, 0.4) is 0 Å². The quantitative estimate of drug-likeness (QED) is 0.423. The van der Waals surface area contributed by atoms with E-state index in [1.807, 2.05) is 0 Å². The second kappa shape index (κ2) is 12.3. The van der Waals surface area contributed by atoms with Gasteiger partial charge in [0.05, 0.1) is 0 Å². The van der Waals surface area contributed by atoms with Crippen LogP contribution in [0.1, 0.15) is 26.2 Å². The molecule has 0 rings (SSSR count). The van der Waals surface area contributed by atoms with Crippen molar-refractivity contribution >= 4 is 8.25 Å². The zero-order valence-corrected chi connectivity index (χ0v) is 7.93. The summed E-state index contributed by atoms with van der Waals surface area (Å²) in [7, 11) is -3.13. The Labute approximate surface area is 70.2 Å². The van der Waals surface area contributed by atoms with Gasteiger partial charge in [0.15, 0.2) is 0 Å². The van der Waals surface area contributed by atoms with Crippen molar-refractivity contribution in [3.63, 3.8) is 0 Å². The summed E-state index contributed by atoms with van der Waals surface area (Å²) in [5.74, 6) is 0. The van der Waals surface area contributed by atoms with Gasteiger partial charge in [-0.25, -0.2) is 0 Å². The minimum atomic E-state index is -3.13. The molecular formula is C5H14NiO3P. The average Bonchev–Trinajstić information content (AvgIpc) is 1.82. The van der Waals surface area contributed by atoms with Gasteiger partial charge in [0.25, 0.3) is 0 Å². The predicted molar refractivity (Wildman–Crippen MR) is 37.8 cm³/mol. The van der Waals surface area contributed by atoms with Crippen LogP contribution in [0.25, 0.3) is 0 Å². The number of unbranched alkanes of at least 4 members (excludes halogenated alkanes) is 2. The van der Waals surface area contributed by atoms with Crippen LogP contribution in [-0.4, -0.2) is 9.79 Å². The number of hydrogen-bond donors (Lipinski definition) is 2. The van der Waals surface area contributed by atoms with Crippen molar-refractivity contribution in [3.05, 3.63) is 0 Å². The SMILES string of the molecule is CCCC[CH2][Ni].O=[PH](O)O. The van der Waals surface area contributed by atoms with Crippen LogP contribution >= 0.6 is 8.25 Å². The van der Waals surface area contributed by atoms with Gasteiger partial charge in [-0.2, -0.15) is 0 Å². The van der Waals surface area contributed by atoms with Gasteiger partial charge in [0.2, 0.25) is 0 Å². The average molecular weight is 212 g/mol. The van der Waals surface area contributed by atoms with E-state index in [0.29, 0.717) is 0 Å². The summed E-state index contributed by atoms with van der Waals surface area (Å²) in [5, 5.41) is 0.980. The molecule has 0 bridgehead atoms. The Morgan fingerprint density at radius 1 is 1.40 bits per heavy atom. The topological polar surface area (TPSA) is 57.5 Å². The normalized spacial score (nSPS) is 9.00. The maximum absolute atomic E-state index is 8.74. The molecule has 0 radical (unpaired) electrons. The Kier molecular flexibility index (Phi) is 16.3. The molecule has 3 nitrogen and oxygen atoms in total. The van der Waals surface area contributed by atoms with Gasteiger partial charge in [0.1, 0.15) is 0 Å². The molecule has 67 valence electrons. The van der Waals surface area contributed by atoms with E-state index in [2.05, 4.69) is 22.4 Å². The van der Waals surface area contributed by atoms with Gasteiger partial charge in [-0.15, -0.1) is 0 Å². The molecule has 0 heterocycles. The van der Waals surface area contributed by atoms with Crippen LogP contribution < -0.4 is 0 Å². The molecule has 0 atom stereocenters. The van der Waals surface area contributed by atoms with Gasteiger partial charge < -0.3 is 9.79 Å². The molecular weight excluding hydrogens is 198 g/mol. The summed E-state index contributed by atoms with van der Waals surface area (Å²) < 4.78 is 8.74. The van der Waals surface area contributed by atoms with Crippen LogP contribution in [0, 0.1) is 0 Å². The molecule has 0 aliphatic heterocycles. The molecule has 0 aliphatic carbocycles. The van der Waals surface area contributed by atoms with E-state index < -0.39 is 8.25 Å². The van der Waals surface area contributed by atoms with Crippen molar-refractivity contribution in [1.82, 2.24) is 0 Å². The van der Waals surface area contributed by atoms with Crippen LogP contribution in [0.2, 0.25) is 5.39 Å². The van der Waals surface area contributed by atoms with Gasteiger partial charge in [-0.1, -0.05) is 0 Å². The molecule has 0 spiro atoms. The summed E-state index contributed by atoms with van der Waals surface area (Å²) in [5.41, 5.74) is 0. The standard InChI is InChI=1S/C5H11.Ni.H3O3P/c1-3-5-4-2;;1-4(2)3/h1,3-5H2,2H3;;4H,(H2,1,2,3). The molecule has 0 amide bonds. The van der Waals surface area contributed by atoms with Crippen molar-refractivity contribution in [1.29, 1.82) is 0 Å². The minimum Gasteiger partial charge on any atom is -0.326 e. The van der Waals surface area contributed by atoms with Crippen LogP contribution in [0.15, 0.2) is 0 Å². The fraction of sp³-hybridized carbons (Fsp3) is 1.00. The van der Waals surface area contributed by atoms with E-state index in [-0.39, 0.29) is 0 Å². The van der Waals surface area contributed by atoms with Crippen molar-refractivity contribution in [2.24, 2.45) is 0 Å². The minimum absolute atomic E-state index is 0.980. The molecule has 0 aromatic rings. The Bertz CT molecular complexity index is 71.3. The van der Waals surface area contributed by atoms with Crippen LogP contribution in [0.4, 0.5) is 0 Å². The van der Waals surface area contributed by atoms with E-state index in [9.17, 15) is 0 Å². The van der Waals surface area contributed by atoms with Crippen molar-refractivity contribution in [2.75, 3.05) is 0 Å². The molecule has 0 fully saturated rings. The van der Waals surface area contributed by atoms with Crippen molar-refractivity contribution in [3.8, 4) is 0 Å². The summed E-state index contributed by atoms with van der Waals surface area (Å²) in [6.07, 6.45) is 3.86. The predicted octanol–water partition coefficient (Wildman–Crippen LogP) is 1.50. The summed E-state index contributed by atoms with van der Waals surface area (Å²) >= 11 is 4.47. The molecule has 0 aromatic carbocycles. The van der Waals surface area contributed by atoms with Gasteiger partial charge in [-0.3, -0.25) is 4.57 Å². The fourth-order valence-electron chi connectivity index (χ4n) is 0.329. The molecule has 0 unspecified atom stereocenters. The van der Waals surface area contributed by atoms with E-state index in [1.54, 1.807) is 0 Å². The summed E-state index contributed by atoms with van der Waals surface area (Å²) in [6.45, 7) is 2.19. The molecule has 0 saturated carbocycles. The first kappa shape index (κ1) is 13.2. The largest absolute Gasteiger partial charge is 0.326 e. The second-order valence-electron chi connectivity index (χ2n) is 1.65. The molecule has 0 aromatic heterocycles. The zero-order chi connectivity index (χ0) is 8.41. The maximum Gasteiger partial charge on any atom is 0.314 e. The number of rotatable bonds is 3.